The Bertz CT molecular complexity index is 1320. The van der Waals surface area contributed by atoms with Crippen molar-refractivity contribution in [3.63, 3.8) is 0 Å². The number of ether oxygens (including phenoxy) is 2. The number of rotatable bonds is 10. The molecule has 2 aromatic heterocycles. The van der Waals surface area contributed by atoms with Crippen LogP contribution < -0.4 is 21.7 Å². The predicted molar refractivity (Wildman–Crippen MR) is 124 cm³/mol. The van der Waals surface area contributed by atoms with Crippen LogP contribution in [0, 0.1) is 5.82 Å². The van der Waals surface area contributed by atoms with Gasteiger partial charge in [0.2, 0.25) is 0 Å². The van der Waals surface area contributed by atoms with E-state index in [4.69, 9.17) is 15.2 Å². The van der Waals surface area contributed by atoms with Crippen LogP contribution in [-0.4, -0.2) is 49.2 Å². The maximum atomic E-state index is 13.9. The van der Waals surface area contributed by atoms with Crippen LogP contribution in [0.4, 0.5) is 10.2 Å². The van der Waals surface area contributed by atoms with Crippen molar-refractivity contribution in [3.05, 3.63) is 62.3 Å². The summed E-state index contributed by atoms with van der Waals surface area (Å²) < 4.78 is 28.3. The summed E-state index contributed by atoms with van der Waals surface area (Å²) in [7, 11) is 4.20. The summed E-state index contributed by atoms with van der Waals surface area (Å²) in [5.41, 5.74) is 4.22. The molecular weight excluding hydrogens is 467 g/mol. The average molecular weight is 493 g/mol. The van der Waals surface area contributed by atoms with E-state index in [-0.39, 0.29) is 35.5 Å². The van der Waals surface area contributed by atoms with Crippen molar-refractivity contribution in [2.24, 2.45) is 14.1 Å². The van der Waals surface area contributed by atoms with Crippen LogP contribution in [0.1, 0.15) is 29.1 Å². The molecule has 3 aromatic rings. The molecule has 0 aliphatic carbocycles. The smallest absolute Gasteiger partial charge is 0.332 e. The van der Waals surface area contributed by atoms with Gasteiger partial charge >= 0.3 is 5.69 Å². The van der Waals surface area contributed by atoms with Gasteiger partial charge in [0.25, 0.3) is 5.56 Å². The number of ketones is 1. The average Bonchev–Trinajstić information content (AvgIpc) is 3.23. The Morgan fingerprint density at radius 3 is 2.59 bits per heavy atom. The van der Waals surface area contributed by atoms with Gasteiger partial charge in [-0.3, -0.25) is 23.3 Å². The number of nitrogen functional groups attached to an aromatic ring is 1. The number of nitrogens with zero attached hydrogens (tertiary/aromatic N) is 5. The monoisotopic (exact) mass is 492 g/mol. The summed E-state index contributed by atoms with van der Waals surface area (Å²) in [6.45, 7) is 2.12. The number of para-hydroxylation sites is 1. The van der Waals surface area contributed by atoms with Gasteiger partial charge in [-0.25, -0.2) is 9.18 Å². The van der Waals surface area contributed by atoms with Crippen LogP contribution in [-0.2, 0) is 25.4 Å². The van der Waals surface area contributed by atoms with Crippen molar-refractivity contribution in [1.82, 2.24) is 23.9 Å². The van der Waals surface area contributed by atoms with Gasteiger partial charge < -0.3 is 15.2 Å². The molecule has 0 saturated heterocycles. The van der Waals surface area contributed by atoms with Gasteiger partial charge in [0, 0.05) is 21.2 Å². The third-order valence-corrected chi connectivity index (χ3v) is 6.04. The first-order chi connectivity index (χ1) is 16.2. The van der Waals surface area contributed by atoms with Crippen molar-refractivity contribution >= 4 is 23.4 Å². The fraction of sp³-hybridized carbons (Fsp3) is 0.381. The third-order valence-electron chi connectivity index (χ3n) is 5.10. The van der Waals surface area contributed by atoms with Gasteiger partial charge in [0.15, 0.2) is 28.3 Å². The van der Waals surface area contributed by atoms with Crippen LogP contribution in [0.2, 0.25) is 0 Å². The number of benzene rings is 1. The molecule has 0 aliphatic rings. The van der Waals surface area contributed by atoms with Crippen LogP contribution in [0.5, 0.6) is 5.75 Å². The zero-order valence-corrected chi connectivity index (χ0v) is 20.0. The van der Waals surface area contributed by atoms with Gasteiger partial charge in [0.05, 0.1) is 18.4 Å². The van der Waals surface area contributed by atoms with Crippen molar-refractivity contribution < 1.29 is 18.7 Å². The quantitative estimate of drug-likeness (QED) is 0.326. The number of thioether (sulfide) groups is 1. The predicted octanol–water partition coefficient (Wildman–Crippen LogP) is 1.16. The number of methoxy groups -OCH3 is 1. The Morgan fingerprint density at radius 2 is 1.91 bits per heavy atom. The van der Waals surface area contributed by atoms with Gasteiger partial charge in [-0.15, -0.1) is 10.2 Å². The number of hydrogen-bond donors (Lipinski definition) is 1. The highest BCUT2D eigenvalue weighted by atomic mass is 32.2. The minimum atomic E-state index is -0.764. The lowest BCUT2D eigenvalue weighted by molar-refractivity contribution is 0.102. The molecule has 182 valence electrons. The Morgan fingerprint density at radius 1 is 1.21 bits per heavy atom. The number of carbonyl (C=O) groups is 1. The molecule has 2 N–H and O–H groups in total. The molecule has 0 amide bonds. The third kappa shape index (κ3) is 5.04. The molecule has 0 radical (unpaired) electrons. The molecule has 11 nitrogen and oxygen atoms in total. The lowest BCUT2D eigenvalue weighted by Gasteiger charge is -2.17. The van der Waals surface area contributed by atoms with Crippen LogP contribution in [0.25, 0.3) is 0 Å². The second kappa shape index (κ2) is 10.7. The fourth-order valence-electron chi connectivity index (χ4n) is 3.29. The molecule has 34 heavy (non-hydrogen) atoms. The summed E-state index contributed by atoms with van der Waals surface area (Å²) in [5.74, 6) is -0.968. The first-order valence-electron chi connectivity index (χ1n) is 10.2. The van der Waals surface area contributed by atoms with E-state index in [1.807, 2.05) is 6.92 Å². The molecule has 1 aromatic carbocycles. The van der Waals surface area contributed by atoms with Crippen LogP contribution in [0.3, 0.4) is 0 Å². The minimum Gasteiger partial charge on any atom is -0.483 e. The highest BCUT2D eigenvalue weighted by Crippen LogP contribution is 2.25. The molecule has 13 heteroatoms. The fourth-order valence-corrected chi connectivity index (χ4v) is 4.22. The van der Waals surface area contributed by atoms with E-state index < -0.39 is 22.8 Å². The van der Waals surface area contributed by atoms with E-state index in [0.29, 0.717) is 17.6 Å². The van der Waals surface area contributed by atoms with Crippen molar-refractivity contribution in [2.75, 3.05) is 25.2 Å². The topological polar surface area (TPSA) is 136 Å². The Kier molecular flexibility index (Phi) is 7.89. The minimum absolute atomic E-state index is 0.0647. The Labute approximate surface area is 198 Å². The van der Waals surface area contributed by atoms with E-state index in [1.165, 1.54) is 26.2 Å². The SMILES string of the molecule is COC[C@@H](C)n1c(COc2ccccc2F)nnc1SCC(=O)c1c(N)n(C)c(=O)n(C)c1=O. The molecule has 0 saturated carbocycles. The highest BCUT2D eigenvalue weighted by Gasteiger charge is 2.23. The van der Waals surface area contributed by atoms with Crippen LogP contribution in [0.15, 0.2) is 39.0 Å². The van der Waals surface area contributed by atoms with Crippen molar-refractivity contribution in [2.45, 2.75) is 24.7 Å². The molecule has 1 atom stereocenters. The lowest BCUT2D eigenvalue weighted by Crippen LogP contribution is -2.41. The zero-order chi connectivity index (χ0) is 25.0. The first kappa shape index (κ1) is 25.2. The molecule has 0 bridgehead atoms. The van der Waals surface area contributed by atoms with Gasteiger partial charge in [-0.2, -0.15) is 0 Å². The molecular formula is C21H25FN6O5S. The molecule has 0 unspecified atom stereocenters. The molecule has 2 heterocycles. The van der Waals surface area contributed by atoms with Crippen molar-refractivity contribution in [1.29, 1.82) is 0 Å². The summed E-state index contributed by atoms with van der Waals surface area (Å²) in [5, 5.41) is 8.65. The number of Topliss-reactive ketones (excluding diaryl/α,β-unsaturated/α-hetero) is 1. The number of anilines is 1. The Balaban J connectivity index is 1.85. The largest absolute Gasteiger partial charge is 0.483 e. The van der Waals surface area contributed by atoms with Crippen LogP contribution >= 0.6 is 11.8 Å². The number of carbonyl (C=O) groups excluding carboxylic acids is 1. The summed E-state index contributed by atoms with van der Waals surface area (Å²) >= 11 is 1.05. The number of hydrogen-bond acceptors (Lipinski definition) is 9. The van der Waals surface area contributed by atoms with E-state index in [1.54, 1.807) is 23.8 Å². The molecule has 0 spiro atoms. The maximum absolute atomic E-state index is 13.9. The normalized spacial score (nSPS) is 12.0. The second-order valence-corrected chi connectivity index (χ2v) is 8.41. The summed E-state index contributed by atoms with van der Waals surface area (Å²) in [6.07, 6.45) is 0. The van der Waals surface area contributed by atoms with E-state index in [2.05, 4.69) is 10.2 Å². The van der Waals surface area contributed by atoms with E-state index >= 15 is 0 Å². The van der Waals surface area contributed by atoms with E-state index in [0.717, 1.165) is 20.9 Å². The second-order valence-electron chi connectivity index (χ2n) is 7.47. The summed E-state index contributed by atoms with van der Waals surface area (Å²) in [6, 6.07) is 5.77. The van der Waals surface area contributed by atoms with Gasteiger partial charge in [0.1, 0.15) is 18.0 Å². The number of aromatic nitrogens is 5. The summed E-state index contributed by atoms with van der Waals surface area (Å²) in [4.78, 5) is 37.3. The van der Waals surface area contributed by atoms with Crippen molar-refractivity contribution in [3.8, 4) is 5.75 Å². The molecule has 0 aliphatic heterocycles. The zero-order valence-electron chi connectivity index (χ0n) is 19.1. The standard InChI is InChI=1S/C21H25FN6O5S/c1-12(9-32-4)28-16(10-33-15-8-6-5-7-13(15)22)24-25-20(28)34-11-14(29)17-18(23)26(2)21(31)27(3)19(17)30/h5-8,12H,9-11,23H2,1-4H3/t12-/m1/s1. The maximum Gasteiger partial charge on any atom is 0.332 e. The van der Waals surface area contributed by atoms with Gasteiger partial charge in [-0.1, -0.05) is 23.9 Å². The molecule has 3 rings (SSSR count). The number of nitrogens with two attached hydrogens (primary N) is 1. The first-order valence-corrected chi connectivity index (χ1v) is 11.2. The Hall–Kier alpha value is -3.45. The highest BCUT2D eigenvalue weighted by molar-refractivity contribution is 7.99. The van der Waals surface area contributed by atoms with Gasteiger partial charge in [-0.05, 0) is 19.1 Å². The molecule has 0 fully saturated rings. The number of halogens is 1. The lowest BCUT2D eigenvalue weighted by atomic mass is 10.2. The van der Waals surface area contributed by atoms with E-state index in [9.17, 15) is 18.8 Å².